The van der Waals surface area contributed by atoms with Gasteiger partial charge in [0.15, 0.2) is 0 Å². The van der Waals surface area contributed by atoms with E-state index < -0.39 is 5.82 Å². The van der Waals surface area contributed by atoms with E-state index in [4.69, 9.17) is 5.26 Å². The Bertz CT molecular complexity index is 484. The van der Waals surface area contributed by atoms with Gasteiger partial charge in [-0.05, 0) is 48.9 Å². The molecule has 1 aromatic rings. The minimum atomic E-state index is -0.469. The number of aliphatic hydroxyl groups is 1. The van der Waals surface area contributed by atoms with Crippen LogP contribution in [0.15, 0.2) is 18.2 Å². The standard InChI is InChI=1S/C16H21FN2O/c17-16-6-5-12(7-15(16)8-18)9-19-10-13-3-1-2-4-14(13)11-20/h5-7,13-14,19-20H,1-4,9-11H2. The van der Waals surface area contributed by atoms with E-state index in [0.717, 1.165) is 24.9 Å². The maximum absolute atomic E-state index is 13.2. The summed E-state index contributed by atoms with van der Waals surface area (Å²) in [4.78, 5) is 0. The van der Waals surface area contributed by atoms with Crippen molar-refractivity contribution >= 4 is 0 Å². The lowest BCUT2D eigenvalue weighted by Gasteiger charge is -2.30. The molecule has 1 aliphatic carbocycles. The summed E-state index contributed by atoms with van der Waals surface area (Å²) in [6, 6.07) is 6.49. The van der Waals surface area contributed by atoms with Crippen molar-refractivity contribution < 1.29 is 9.50 Å². The van der Waals surface area contributed by atoms with Crippen molar-refractivity contribution in [3.8, 4) is 6.07 Å². The molecule has 2 N–H and O–H groups in total. The van der Waals surface area contributed by atoms with Gasteiger partial charge in [-0.2, -0.15) is 5.26 Å². The van der Waals surface area contributed by atoms with Crippen LogP contribution in [0.3, 0.4) is 0 Å². The highest BCUT2D eigenvalue weighted by Gasteiger charge is 2.23. The Labute approximate surface area is 119 Å². The van der Waals surface area contributed by atoms with Crippen LogP contribution in [0.5, 0.6) is 0 Å². The van der Waals surface area contributed by atoms with E-state index in [9.17, 15) is 9.50 Å². The third-order valence-electron chi connectivity index (χ3n) is 4.19. The second-order valence-electron chi connectivity index (χ2n) is 5.54. The highest BCUT2D eigenvalue weighted by Crippen LogP contribution is 2.29. The molecule has 2 unspecified atom stereocenters. The van der Waals surface area contributed by atoms with Crippen molar-refractivity contribution in [2.24, 2.45) is 11.8 Å². The first-order valence-electron chi connectivity index (χ1n) is 7.24. The minimum Gasteiger partial charge on any atom is -0.396 e. The molecule has 0 aliphatic heterocycles. The van der Waals surface area contributed by atoms with Crippen LogP contribution < -0.4 is 5.32 Å². The number of rotatable bonds is 5. The highest BCUT2D eigenvalue weighted by atomic mass is 19.1. The average Bonchev–Trinajstić information content (AvgIpc) is 2.49. The van der Waals surface area contributed by atoms with Gasteiger partial charge in [-0.25, -0.2) is 4.39 Å². The van der Waals surface area contributed by atoms with Gasteiger partial charge >= 0.3 is 0 Å². The van der Waals surface area contributed by atoms with Crippen LogP contribution in [0.4, 0.5) is 4.39 Å². The van der Waals surface area contributed by atoms with Crippen LogP contribution in [0.25, 0.3) is 0 Å². The number of nitriles is 1. The lowest BCUT2D eigenvalue weighted by atomic mass is 9.79. The van der Waals surface area contributed by atoms with Crippen molar-refractivity contribution in [1.82, 2.24) is 5.32 Å². The SMILES string of the molecule is N#Cc1cc(CNCC2CCCCC2CO)ccc1F. The number of nitrogens with one attached hydrogen (secondary N) is 1. The summed E-state index contributed by atoms with van der Waals surface area (Å²) >= 11 is 0. The summed E-state index contributed by atoms with van der Waals surface area (Å²) in [6.07, 6.45) is 4.71. The summed E-state index contributed by atoms with van der Waals surface area (Å²) in [6.45, 7) is 1.76. The Balaban J connectivity index is 1.85. The van der Waals surface area contributed by atoms with Gasteiger partial charge in [-0.3, -0.25) is 0 Å². The van der Waals surface area contributed by atoms with Gasteiger partial charge in [-0.1, -0.05) is 18.9 Å². The average molecular weight is 276 g/mol. The lowest BCUT2D eigenvalue weighted by molar-refractivity contribution is 0.133. The summed E-state index contributed by atoms with van der Waals surface area (Å²) in [5.74, 6) is 0.452. The molecule has 0 spiro atoms. The molecular weight excluding hydrogens is 255 g/mol. The number of aliphatic hydroxyl groups excluding tert-OH is 1. The molecule has 2 rings (SSSR count). The molecule has 108 valence electrons. The van der Waals surface area contributed by atoms with Gasteiger partial charge in [0.1, 0.15) is 11.9 Å². The second-order valence-corrected chi connectivity index (χ2v) is 5.54. The molecule has 0 aromatic heterocycles. The van der Waals surface area contributed by atoms with Crippen molar-refractivity contribution in [2.75, 3.05) is 13.2 Å². The van der Waals surface area contributed by atoms with Gasteiger partial charge < -0.3 is 10.4 Å². The summed E-state index contributed by atoms with van der Waals surface area (Å²) in [7, 11) is 0. The second kappa shape index (κ2) is 7.37. The molecule has 0 heterocycles. The number of hydrogen-bond acceptors (Lipinski definition) is 3. The number of halogens is 1. The quantitative estimate of drug-likeness (QED) is 0.869. The largest absolute Gasteiger partial charge is 0.396 e. The number of nitrogens with zero attached hydrogens (tertiary/aromatic N) is 1. The van der Waals surface area contributed by atoms with Crippen molar-refractivity contribution in [3.63, 3.8) is 0 Å². The van der Waals surface area contributed by atoms with Gasteiger partial charge in [-0.15, -0.1) is 0 Å². The topological polar surface area (TPSA) is 56.0 Å². The minimum absolute atomic E-state index is 0.0928. The van der Waals surface area contributed by atoms with E-state index in [2.05, 4.69) is 5.32 Å². The molecule has 0 radical (unpaired) electrons. The van der Waals surface area contributed by atoms with E-state index in [-0.39, 0.29) is 12.2 Å². The van der Waals surface area contributed by atoms with Gasteiger partial charge in [0, 0.05) is 13.2 Å². The molecule has 0 saturated heterocycles. The Morgan fingerprint density at radius 3 is 2.75 bits per heavy atom. The van der Waals surface area contributed by atoms with Crippen LogP contribution in [0.2, 0.25) is 0 Å². The molecule has 1 aliphatic rings. The van der Waals surface area contributed by atoms with E-state index >= 15 is 0 Å². The number of hydrogen-bond donors (Lipinski definition) is 2. The van der Waals surface area contributed by atoms with Crippen LogP contribution in [-0.2, 0) is 6.54 Å². The van der Waals surface area contributed by atoms with Crippen LogP contribution in [0.1, 0.15) is 36.8 Å². The maximum atomic E-state index is 13.2. The van der Waals surface area contributed by atoms with Crippen LogP contribution >= 0.6 is 0 Å². The third-order valence-corrected chi connectivity index (χ3v) is 4.19. The fourth-order valence-electron chi connectivity index (χ4n) is 2.96. The Morgan fingerprint density at radius 2 is 2.05 bits per heavy atom. The summed E-state index contributed by atoms with van der Waals surface area (Å²) in [5, 5.41) is 21.5. The van der Waals surface area contributed by atoms with Gasteiger partial charge in [0.25, 0.3) is 0 Å². The molecular formula is C16H21FN2O. The zero-order valence-electron chi connectivity index (χ0n) is 11.6. The van der Waals surface area contributed by atoms with E-state index in [1.807, 2.05) is 6.07 Å². The molecule has 1 saturated carbocycles. The molecule has 0 bridgehead atoms. The molecule has 4 heteroatoms. The molecule has 1 aromatic carbocycles. The van der Waals surface area contributed by atoms with Gasteiger partial charge in [0.2, 0.25) is 0 Å². The van der Waals surface area contributed by atoms with Crippen molar-refractivity contribution in [1.29, 1.82) is 5.26 Å². The van der Waals surface area contributed by atoms with Crippen molar-refractivity contribution in [2.45, 2.75) is 32.2 Å². The highest BCUT2D eigenvalue weighted by molar-refractivity contribution is 5.34. The van der Waals surface area contributed by atoms with Crippen LogP contribution in [-0.4, -0.2) is 18.3 Å². The molecule has 0 amide bonds. The Hall–Kier alpha value is -1.44. The predicted molar refractivity (Wildman–Crippen MR) is 75.4 cm³/mol. The smallest absolute Gasteiger partial charge is 0.140 e. The van der Waals surface area contributed by atoms with Gasteiger partial charge in [0.05, 0.1) is 5.56 Å². The fraction of sp³-hybridized carbons (Fsp3) is 0.562. The monoisotopic (exact) mass is 276 g/mol. The first-order valence-corrected chi connectivity index (χ1v) is 7.24. The van der Waals surface area contributed by atoms with Crippen LogP contribution in [0, 0.1) is 29.0 Å². The zero-order valence-corrected chi connectivity index (χ0v) is 11.6. The summed E-state index contributed by atoms with van der Waals surface area (Å²) in [5.41, 5.74) is 1.01. The zero-order chi connectivity index (χ0) is 14.4. The van der Waals surface area contributed by atoms with E-state index in [0.29, 0.717) is 18.4 Å². The number of benzene rings is 1. The maximum Gasteiger partial charge on any atom is 0.140 e. The van der Waals surface area contributed by atoms with E-state index in [1.54, 1.807) is 12.1 Å². The molecule has 1 fully saturated rings. The predicted octanol–water partition coefficient (Wildman–Crippen LogP) is 2.59. The first kappa shape index (κ1) is 15.0. The molecule has 20 heavy (non-hydrogen) atoms. The first-order chi connectivity index (χ1) is 9.74. The Morgan fingerprint density at radius 1 is 1.30 bits per heavy atom. The molecule has 2 atom stereocenters. The third kappa shape index (κ3) is 3.78. The molecule has 3 nitrogen and oxygen atoms in total. The normalized spacial score (nSPS) is 22.4. The Kier molecular flexibility index (Phi) is 5.51. The fourth-order valence-corrected chi connectivity index (χ4v) is 2.96. The summed E-state index contributed by atoms with van der Waals surface area (Å²) < 4.78 is 13.2. The van der Waals surface area contributed by atoms with E-state index in [1.165, 1.54) is 18.9 Å². The lowest BCUT2D eigenvalue weighted by Crippen LogP contribution is -2.32. The van der Waals surface area contributed by atoms with Crippen molar-refractivity contribution in [3.05, 3.63) is 35.1 Å².